The Morgan fingerprint density at radius 3 is 2.22 bits per heavy atom. The molecule has 0 aliphatic heterocycles. The number of nitrogens with zero attached hydrogens (tertiary/aromatic N) is 2. The van der Waals surface area contributed by atoms with Crippen molar-refractivity contribution in [3.8, 4) is 40.2 Å². The smallest absolute Gasteiger partial charge is 0.161 e. The third-order valence-corrected chi connectivity index (χ3v) is 4.86. The molecule has 0 unspecified atom stereocenters. The summed E-state index contributed by atoms with van der Waals surface area (Å²) in [5, 5.41) is 13.0. The van der Waals surface area contributed by atoms with Crippen molar-refractivity contribution in [1.82, 2.24) is 4.98 Å². The Morgan fingerprint density at radius 1 is 0.812 bits per heavy atom. The summed E-state index contributed by atoms with van der Waals surface area (Å²) < 4.78 is 16.6. The molecule has 0 fully saturated rings. The summed E-state index contributed by atoms with van der Waals surface area (Å²) in [4.78, 5) is 4.24. The topological polar surface area (TPSA) is 76.4 Å². The molecule has 0 radical (unpaired) electrons. The number of hydrogen-bond acceptors (Lipinski definition) is 6. The van der Waals surface area contributed by atoms with Crippen LogP contribution < -0.4 is 19.5 Å². The molecule has 32 heavy (non-hydrogen) atoms. The first-order chi connectivity index (χ1) is 15.7. The van der Waals surface area contributed by atoms with Crippen LogP contribution in [0.1, 0.15) is 5.56 Å². The summed E-state index contributed by atoms with van der Waals surface area (Å²) in [6, 6.07) is 24.9. The molecular weight excluding hydrogens is 402 g/mol. The maximum absolute atomic E-state index is 9.66. The molecule has 1 N–H and O–H groups in total. The molecule has 4 rings (SSSR count). The van der Waals surface area contributed by atoms with Gasteiger partial charge in [-0.3, -0.25) is 4.98 Å². The van der Waals surface area contributed by atoms with E-state index < -0.39 is 0 Å². The largest absolute Gasteiger partial charge is 0.493 e. The van der Waals surface area contributed by atoms with E-state index in [1.54, 1.807) is 26.6 Å². The minimum atomic E-state index is 0.432. The summed E-state index contributed by atoms with van der Waals surface area (Å²) in [7, 11) is 3.18. The van der Waals surface area contributed by atoms with Crippen molar-refractivity contribution in [2.24, 2.45) is 0 Å². The van der Waals surface area contributed by atoms with Gasteiger partial charge in [-0.25, -0.2) is 0 Å². The molecule has 0 aliphatic rings. The van der Waals surface area contributed by atoms with Gasteiger partial charge in [0.1, 0.15) is 17.6 Å². The Morgan fingerprint density at radius 2 is 1.53 bits per heavy atom. The highest BCUT2D eigenvalue weighted by Crippen LogP contribution is 2.37. The Kier molecular flexibility index (Phi) is 6.19. The molecular formula is C26H21N3O3. The molecule has 158 valence electrons. The zero-order valence-electron chi connectivity index (χ0n) is 17.7. The molecule has 0 saturated carbocycles. The molecule has 0 amide bonds. The van der Waals surface area contributed by atoms with E-state index in [4.69, 9.17) is 14.2 Å². The monoisotopic (exact) mass is 423 g/mol. The van der Waals surface area contributed by atoms with Crippen LogP contribution in [0.2, 0.25) is 0 Å². The first kappa shape index (κ1) is 20.8. The summed E-state index contributed by atoms with van der Waals surface area (Å²) in [6.07, 6.45) is 3.26. The summed E-state index contributed by atoms with van der Waals surface area (Å²) >= 11 is 0. The van der Waals surface area contributed by atoms with Crippen molar-refractivity contribution in [3.63, 3.8) is 0 Å². The van der Waals surface area contributed by atoms with Crippen molar-refractivity contribution in [1.29, 1.82) is 5.26 Å². The summed E-state index contributed by atoms with van der Waals surface area (Å²) in [6.45, 7) is 0. The number of aromatic nitrogens is 1. The third-order valence-electron chi connectivity index (χ3n) is 4.86. The fourth-order valence-electron chi connectivity index (χ4n) is 3.28. The van der Waals surface area contributed by atoms with Crippen molar-refractivity contribution in [2.75, 3.05) is 19.5 Å². The van der Waals surface area contributed by atoms with E-state index in [9.17, 15) is 5.26 Å². The molecule has 0 spiro atoms. The van der Waals surface area contributed by atoms with E-state index in [1.165, 1.54) is 0 Å². The van der Waals surface area contributed by atoms with Gasteiger partial charge in [0.25, 0.3) is 0 Å². The van der Waals surface area contributed by atoms with Crippen LogP contribution in [0.3, 0.4) is 0 Å². The summed E-state index contributed by atoms with van der Waals surface area (Å²) in [5.41, 5.74) is 3.52. The number of hydrogen-bond donors (Lipinski definition) is 1. The van der Waals surface area contributed by atoms with Gasteiger partial charge in [-0.15, -0.1) is 0 Å². The van der Waals surface area contributed by atoms with Crippen LogP contribution in [-0.2, 0) is 0 Å². The number of methoxy groups -OCH3 is 2. The normalized spacial score (nSPS) is 10.2. The van der Waals surface area contributed by atoms with Gasteiger partial charge < -0.3 is 19.5 Å². The number of nitriles is 1. The molecule has 0 saturated heterocycles. The highest BCUT2D eigenvalue weighted by Gasteiger charge is 2.14. The fourth-order valence-corrected chi connectivity index (χ4v) is 3.28. The van der Waals surface area contributed by atoms with Crippen molar-refractivity contribution >= 4 is 11.4 Å². The van der Waals surface area contributed by atoms with E-state index in [2.05, 4.69) is 16.4 Å². The van der Waals surface area contributed by atoms with Crippen LogP contribution in [0.25, 0.3) is 11.1 Å². The first-order valence-corrected chi connectivity index (χ1v) is 9.92. The first-order valence-electron chi connectivity index (χ1n) is 9.92. The second-order valence-corrected chi connectivity index (χ2v) is 6.86. The maximum Gasteiger partial charge on any atom is 0.161 e. The highest BCUT2D eigenvalue weighted by atomic mass is 16.5. The molecule has 0 atom stereocenters. The van der Waals surface area contributed by atoms with E-state index >= 15 is 0 Å². The highest BCUT2D eigenvalue weighted by molar-refractivity contribution is 5.85. The van der Waals surface area contributed by atoms with E-state index in [1.807, 2.05) is 72.8 Å². The zero-order chi connectivity index (χ0) is 22.3. The van der Waals surface area contributed by atoms with Gasteiger partial charge in [-0.05, 0) is 54.1 Å². The number of anilines is 2. The van der Waals surface area contributed by atoms with Crippen LogP contribution in [0.15, 0.2) is 85.2 Å². The lowest BCUT2D eigenvalue weighted by molar-refractivity contribution is 0.355. The number of ether oxygens (including phenoxy) is 3. The molecule has 6 heteroatoms. The molecule has 0 bridgehead atoms. The lowest BCUT2D eigenvalue weighted by atomic mass is 10.0. The van der Waals surface area contributed by atoms with Crippen LogP contribution in [0, 0.1) is 11.3 Å². The number of pyridine rings is 1. The van der Waals surface area contributed by atoms with Gasteiger partial charge in [0.05, 0.1) is 25.5 Å². The molecule has 0 aliphatic carbocycles. The third kappa shape index (κ3) is 4.47. The SMILES string of the molecule is COc1ccc(-c2cncc(C#N)c2Nc2ccc(Oc3ccccc3)cc2)cc1OC. The van der Waals surface area contributed by atoms with Crippen LogP contribution in [0.4, 0.5) is 11.4 Å². The Bertz CT molecular complexity index is 1250. The molecule has 1 aromatic heterocycles. The van der Waals surface area contributed by atoms with E-state index in [0.29, 0.717) is 22.7 Å². The fraction of sp³-hybridized carbons (Fsp3) is 0.0769. The minimum absolute atomic E-state index is 0.432. The molecule has 6 nitrogen and oxygen atoms in total. The number of benzene rings is 3. The average Bonchev–Trinajstić information content (AvgIpc) is 2.85. The number of para-hydroxylation sites is 1. The number of rotatable bonds is 7. The van der Waals surface area contributed by atoms with Gasteiger partial charge in [0, 0.05) is 23.6 Å². The zero-order valence-corrected chi connectivity index (χ0v) is 17.7. The van der Waals surface area contributed by atoms with Gasteiger partial charge in [-0.2, -0.15) is 5.26 Å². The Hall–Kier alpha value is -4.50. The van der Waals surface area contributed by atoms with Gasteiger partial charge in [0.15, 0.2) is 11.5 Å². The molecule has 1 heterocycles. The van der Waals surface area contributed by atoms with Gasteiger partial charge in [0.2, 0.25) is 0 Å². The minimum Gasteiger partial charge on any atom is -0.493 e. The number of nitrogens with one attached hydrogen (secondary N) is 1. The van der Waals surface area contributed by atoms with Gasteiger partial charge in [-0.1, -0.05) is 24.3 Å². The van der Waals surface area contributed by atoms with Crippen LogP contribution in [0.5, 0.6) is 23.0 Å². The Labute approximate surface area is 186 Å². The van der Waals surface area contributed by atoms with E-state index in [0.717, 1.165) is 28.3 Å². The van der Waals surface area contributed by atoms with E-state index in [-0.39, 0.29) is 0 Å². The second kappa shape index (κ2) is 9.54. The maximum atomic E-state index is 9.66. The van der Waals surface area contributed by atoms with Crippen LogP contribution >= 0.6 is 0 Å². The quantitative estimate of drug-likeness (QED) is 0.383. The molecule has 3 aromatic carbocycles. The Balaban J connectivity index is 1.65. The van der Waals surface area contributed by atoms with Crippen molar-refractivity contribution in [3.05, 3.63) is 90.8 Å². The predicted molar refractivity (Wildman–Crippen MR) is 124 cm³/mol. The van der Waals surface area contributed by atoms with Crippen LogP contribution in [-0.4, -0.2) is 19.2 Å². The van der Waals surface area contributed by atoms with Crippen molar-refractivity contribution < 1.29 is 14.2 Å². The average molecular weight is 423 g/mol. The standard InChI is InChI=1S/C26H21N3O3/c1-30-24-13-8-18(14-25(24)31-2)23-17-28-16-19(15-27)26(23)29-20-9-11-22(12-10-20)32-21-6-4-3-5-7-21/h3-14,16-17H,1-2H3,(H,28,29). The lowest BCUT2D eigenvalue weighted by Gasteiger charge is -2.15. The van der Waals surface area contributed by atoms with Crippen molar-refractivity contribution in [2.45, 2.75) is 0 Å². The predicted octanol–water partition coefficient (Wildman–Crippen LogP) is 6.17. The second-order valence-electron chi connectivity index (χ2n) is 6.86. The molecule has 4 aromatic rings. The lowest BCUT2D eigenvalue weighted by Crippen LogP contribution is -1.99. The van der Waals surface area contributed by atoms with Gasteiger partial charge >= 0.3 is 0 Å². The summed E-state index contributed by atoms with van der Waals surface area (Å²) in [5.74, 6) is 2.71.